The van der Waals surface area contributed by atoms with E-state index >= 15 is 0 Å². The molecule has 0 N–H and O–H groups in total. The first kappa shape index (κ1) is 14.1. The minimum atomic E-state index is -3.48. The van der Waals surface area contributed by atoms with E-state index in [1.165, 1.54) is 6.42 Å². The first-order valence-corrected chi connectivity index (χ1v) is 9.18. The van der Waals surface area contributed by atoms with Crippen molar-refractivity contribution in [1.82, 2.24) is 14.2 Å². The summed E-state index contributed by atoms with van der Waals surface area (Å²) in [6.45, 7) is 3.12. The fourth-order valence-electron chi connectivity index (χ4n) is 3.60. The number of benzene rings is 1. The van der Waals surface area contributed by atoms with E-state index in [9.17, 15) is 8.42 Å². The number of fused-ring (bicyclic) bond motifs is 2. The van der Waals surface area contributed by atoms with Gasteiger partial charge in [-0.15, -0.1) is 0 Å². The quantitative estimate of drug-likeness (QED) is 0.846. The third kappa shape index (κ3) is 2.22. The maximum atomic E-state index is 13.1. The Balaban J connectivity index is 1.73. The van der Waals surface area contributed by atoms with E-state index in [0.29, 0.717) is 29.5 Å². The van der Waals surface area contributed by atoms with Crippen molar-refractivity contribution in [3.8, 4) is 0 Å². The van der Waals surface area contributed by atoms with Gasteiger partial charge in [0.25, 0.3) is 0 Å². The zero-order chi connectivity index (χ0) is 15.2. The third-order valence-corrected chi connectivity index (χ3v) is 6.66. The average Bonchev–Trinajstić information content (AvgIpc) is 3.02. The van der Waals surface area contributed by atoms with Crippen LogP contribution in [0, 0.1) is 0 Å². The van der Waals surface area contributed by atoms with E-state index in [0.717, 1.165) is 24.9 Å². The molecule has 0 saturated carbocycles. The molecule has 0 spiro atoms. The number of hydrogen-bond acceptors (Lipinski definition) is 4. The molecule has 2 saturated heterocycles. The molecule has 0 aliphatic carbocycles. The number of pyridine rings is 1. The molecule has 1 aromatic carbocycles. The highest BCUT2D eigenvalue weighted by Gasteiger charge is 2.36. The van der Waals surface area contributed by atoms with Crippen LogP contribution in [0.5, 0.6) is 0 Å². The van der Waals surface area contributed by atoms with E-state index in [1.807, 2.05) is 18.2 Å². The molecule has 2 aromatic rings. The van der Waals surface area contributed by atoms with Crippen molar-refractivity contribution >= 4 is 20.9 Å². The summed E-state index contributed by atoms with van der Waals surface area (Å²) in [7, 11) is -3.48. The second kappa shape index (κ2) is 5.30. The molecule has 0 amide bonds. The van der Waals surface area contributed by atoms with Crippen LogP contribution in [0.1, 0.15) is 12.8 Å². The molecule has 6 heteroatoms. The third-order valence-electron chi connectivity index (χ3n) is 4.76. The molecule has 22 heavy (non-hydrogen) atoms. The van der Waals surface area contributed by atoms with Crippen LogP contribution in [-0.2, 0) is 10.0 Å². The van der Waals surface area contributed by atoms with Gasteiger partial charge in [0, 0.05) is 37.3 Å². The molecule has 5 nitrogen and oxygen atoms in total. The minimum absolute atomic E-state index is 0.331. The van der Waals surface area contributed by atoms with Gasteiger partial charge in [-0.3, -0.25) is 9.88 Å². The van der Waals surface area contributed by atoms with Crippen LogP contribution in [0.25, 0.3) is 10.9 Å². The lowest BCUT2D eigenvalue weighted by molar-refractivity contribution is 0.158. The molecule has 2 aliphatic heterocycles. The summed E-state index contributed by atoms with van der Waals surface area (Å²) in [5.74, 6) is 0. The van der Waals surface area contributed by atoms with E-state index in [2.05, 4.69) is 9.88 Å². The van der Waals surface area contributed by atoms with Gasteiger partial charge in [-0.25, -0.2) is 8.42 Å². The molecule has 0 unspecified atom stereocenters. The van der Waals surface area contributed by atoms with E-state index in [-0.39, 0.29) is 0 Å². The molecule has 1 aromatic heterocycles. The molecule has 4 rings (SSSR count). The average molecular weight is 317 g/mol. The number of nitrogens with zero attached hydrogens (tertiary/aromatic N) is 3. The second-order valence-electron chi connectivity index (χ2n) is 6.03. The van der Waals surface area contributed by atoms with Gasteiger partial charge in [-0.1, -0.05) is 18.2 Å². The van der Waals surface area contributed by atoms with Crippen LogP contribution in [0.4, 0.5) is 0 Å². The van der Waals surface area contributed by atoms with Gasteiger partial charge in [0.1, 0.15) is 4.90 Å². The molecule has 116 valence electrons. The lowest BCUT2D eigenvalue weighted by Crippen LogP contribution is -2.51. The van der Waals surface area contributed by atoms with Gasteiger partial charge < -0.3 is 0 Å². The Morgan fingerprint density at radius 1 is 1.09 bits per heavy atom. The number of para-hydroxylation sites is 1. The van der Waals surface area contributed by atoms with Crippen LogP contribution in [0.15, 0.2) is 41.4 Å². The fourth-order valence-corrected chi connectivity index (χ4v) is 5.24. The summed E-state index contributed by atoms with van der Waals surface area (Å²) in [6.07, 6.45) is 3.92. The molecule has 0 radical (unpaired) electrons. The maximum Gasteiger partial charge on any atom is 0.245 e. The Labute approximate surface area is 130 Å². The summed E-state index contributed by atoms with van der Waals surface area (Å²) in [5, 5.41) is 0.864. The lowest BCUT2D eigenvalue weighted by atomic mass is 10.2. The summed E-state index contributed by atoms with van der Waals surface area (Å²) in [5.41, 5.74) is 0.568. The largest absolute Gasteiger partial charge is 0.298 e. The molecule has 1 atom stereocenters. The topological polar surface area (TPSA) is 53.5 Å². The zero-order valence-electron chi connectivity index (χ0n) is 12.4. The number of piperazine rings is 1. The lowest BCUT2D eigenvalue weighted by Gasteiger charge is -2.36. The predicted octanol–water partition coefficient (Wildman–Crippen LogP) is 1.70. The van der Waals surface area contributed by atoms with Crippen LogP contribution in [0.3, 0.4) is 0 Å². The maximum absolute atomic E-state index is 13.1. The molecule has 2 aliphatic rings. The van der Waals surface area contributed by atoms with Crippen molar-refractivity contribution in [1.29, 1.82) is 0 Å². The van der Waals surface area contributed by atoms with Gasteiger partial charge in [0.05, 0.1) is 5.52 Å². The minimum Gasteiger partial charge on any atom is -0.298 e. The van der Waals surface area contributed by atoms with Crippen molar-refractivity contribution < 1.29 is 8.42 Å². The number of hydrogen-bond donors (Lipinski definition) is 0. The normalized spacial score (nSPS) is 23.7. The van der Waals surface area contributed by atoms with Crippen LogP contribution < -0.4 is 0 Å². The Bertz CT molecular complexity index is 801. The molecule has 2 fully saturated rings. The SMILES string of the molecule is O=S(=O)(c1cccc2cccnc12)N1CCN2CCC[C@H]2C1. The van der Waals surface area contributed by atoms with Gasteiger partial charge in [0.2, 0.25) is 10.0 Å². The molecular weight excluding hydrogens is 298 g/mol. The molecule has 0 bridgehead atoms. The first-order chi connectivity index (χ1) is 10.7. The van der Waals surface area contributed by atoms with Crippen molar-refractivity contribution in [2.45, 2.75) is 23.8 Å². The van der Waals surface area contributed by atoms with Crippen molar-refractivity contribution in [2.24, 2.45) is 0 Å². The summed E-state index contributed by atoms with van der Waals surface area (Å²) in [4.78, 5) is 7.03. The smallest absolute Gasteiger partial charge is 0.245 e. The summed E-state index contributed by atoms with van der Waals surface area (Å²) >= 11 is 0. The highest BCUT2D eigenvalue weighted by molar-refractivity contribution is 7.89. The fraction of sp³-hybridized carbons (Fsp3) is 0.438. The highest BCUT2D eigenvalue weighted by Crippen LogP contribution is 2.28. The Kier molecular flexibility index (Phi) is 3.40. The highest BCUT2D eigenvalue weighted by atomic mass is 32.2. The van der Waals surface area contributed by atoms with Crippen molar-refractivity contribution in [2.75, 3.05) is 26.2 Å². The van der Waals surface area contributed by atoms with E-state index in [4.69, 9.17) is 0 Å². The standard InChI is InChI=1S/C16H19N3O2S/c20-22(21,19-11-10-18-9-3-6-14(18)12-19)15-7-1-4-13-5-2-8-17-16(13)15/h1-2,4-5,7-8,14H,3,6,9-12H2/t14-/m0/s1. The van der Waals surface area contributed by atoms with E-state index < -0.39 is 10.0 Å². The summed E-state index contributed by atoms with van der Waals surface area (Å²) in [6, 6.07) is 9.48. The van der Waals surface area contributed by atoms with Gasteiger partial charge in [-0.05, 0) is 31.5 Å². The number of rotatable bonds is 2. The number of aromatic nitrogens is 1. The zero-order valence-corrected chi connectivity index (χ0v) is 13.2. The summed E-state index contributed by atoms with van der Waals surface area (Å²) < 4.78 is 27.8. The van der Waals surface area contributed by atoms with Gasteiger partial charge in [0.15, 0.2) is 0 Å². The van der Waals surface area contributed by atoms with Gasteiger partial charge >= 0.3 is 0 Å². The second-order valence-corrected chi connectivity index (χ2v) is 7.93. The molecule has 3 heterocycles. The Morgan fingerprint density at radius 2 is 1.95 bits per heavy atom. The Morgan fingerprint density at radius 3 is 2.86 bits per heavy atom. The van der Waals surface area contributed by atoms with Crippen molar-refractivity contribution in [3.63, 3.8) is 0 Å². The monoisotopic (exact) mass is 317 g/mol. The Hall–Kier alpha value is -1.50. The van der Waals surface area contributed by atoms with E-state index in [1.54, 1.807) is 22.6 Å². The first-order valence-electron chi connectivity index (χ1n) is 7.74. The number of sulfonamides is 1. The van der Waals surface area contributed by atoms with Crippen molar-refractivity contribution in [3.05, 3.63) is 36.5 Å². The van der Waals surface area contributed by atoms with Crippen LogP contribution in [0.2, 0.25) is 0 Å². The predicted molar refractivity (Wildman–Crippen MR) is 85.1 cm³/mol. The van der Waals surface area contributed by atoms with Crippen LogP contribution >= 0.6 is 0 Å². The van der Waals surface area contributed by atoms with Crippen LogP contribution in [-0.4, -0.2) is 54.8 Å². The van der Waals surface area contributed by atoms with Gasteiger partial charge in [-0.2, -0.15) is 4.31 Å². The molecular formula is C16H19N3O2S.